The van der Waals surface area contributed by atoms with Crippen LogP contribution in [0.25, 0.3) is 0 Å². The molecule has 0 heterocycles. The average molecular weight is 239 g/mol. The lowest BCUT2D eigenvalue weighted by Crippen LogP contribution is -2.40. The lowest BCUT2D eigenvalue weighted by Gasteiger charge is -2.29. The second-order valence-corrected chi connectivity index (χ2v) is 6.04. The predicted octanol–water partition coefficient (Wildman–Crippen LogP) is 2.04. The van der Waals surface area contributed by atoms with Crippen molar-refractivity contribution in [3.63, 3.8) is 0 Å². The zero-order valence-corrected chi connectivity index (χ0v) is 11.1. The fourth-order valence-electron chi connectivity index (χ4n) is 3.75. The van der Waals surface area contributed by atoms with Gasteiger partial charge in [0.2, 0.25) is 5.91 Å². The van der Waals surface area contributed by atoms with Crippen LogP contribution in [0.5, 0.6) is 0 Å². The Morgan fingerprint density at radius 2 is 2.12 bits per heavy atom. The maximum absolute atomic E-state index is 12.2. The highest BCUT2D eigenvalue weighted by atomic mass is 16.3. The second-order valence-electron chi connectivity index (χ2n) is 6.04. The fraction of sp³-hybridized carbons (Fsp3) is 0.929. The minimum atomic E-state index is 0.0701. The van der Waals surface area contributed by atoms with Crippen molar-refractivity contribution in [3.8, 4) is 0 Å². The molecule has 3 nitrogen and oxygen atoms in total. The lowest BCUT2D eigenvalue weighted by molar-refractivity contribution is -0.134. The van der Waals surface area contributed by atoms with E-state index in [2.05, 4.69) is 0 Å². The molecule has 1 N–H and O–H groups in total. The van der Waals surface area contributed by atoms with Crippen molar-refractivity contribution in [1.82, 2.24) is 4.90 Å². The van der Waals surface area contributed by atoms with Crippen molar-refractivity contribution in [1.29, 1.82) is 0 Å². The van der Waals surface area contributed by atoms with Gasteiger partial charge in [-0.05, 0) is 50.9 Å². The third-order valence-electron chi connectivity index (χ3n) is 4.61. The summed E-state index contributed by atoms with van der Waals surface area (Å²) in [6.07, 6.45) is 6.06. The molecule has 2 saturated carbocycles. The van der Waals surface area contributed by atoms with Crippen molar-refractivity contribution in [2.24, 2.45) is 17.8 Å². The van der Waals surface area contributed by atoms with Gasteiger partial charge in [-0.2, -0.15) is 0 Å². The smallest absolute Gasteiger partial charge is 0.223 e. The van der Waals surface area contributed by atoms with Gasteiger partial charge in [0.15, 0.2) is 0 Å². The molecule has 2 bridgehead atoms. The third kappa shape index (κ3) is 2.82. The molecule has 3 unspecified atom stereocenters. The molecule has 1 amide bonds. The Kier molecular flexibility index (Phi) is 4.08. The summed E-state index contributed by atoms with van der Waals surface area (Å²) in [7, 11) is 0. The largest absolute Gasteiger partial charge is 0.395 e. The standard InChI is InChI=1S/C14H25NO2/c1-10(2)15(5-6-16)14(17)9-13-8-11-3-4-12(13)7-11/h10-13,16H,3-9H2,1-2H3. The summed E-state index contributed by atoms with van der Waals surface area (Å²) in [6.45, 7) is 4.60. The van der Waals surface area contributed by atoms with E-state index >= 15 is 0 Å². The Morgan fingerprint density at radius 1 is 1.35 bits per heavy atom. The lowest BCUT2D eigenvalue weighted by atomic mass is 9.86. The van der Waals surface area contributed by atoms with Crippen LogP contribution in [0.15, 0.2) is 0 Å². The molecule has 2 aliphatic carbocycles. The number of fused-ring (bicyclic) bond motifs is 2. The topological polar surface area (TPSA) is 40.5 Å². The van der Waals surface area contributed by atoms with Gasteiger partial charge in [-0.3, -0.25) is 4.79 Å². The number of aliphatic hydroxyl groups excluding tert-OH is 1. The van der Waals surface area contributed by atoms with Crippen LogP contribution in [0, 0.1) is 17.8 Å². The van der Waals surface area contributed by atoms with E-state index in [1.807, 2.05) is 18.7 Å². The van der Waals surface area contributed by atoms with E-state index in [9.17, 15) is 4.79 Å². The van der Waals surface area contributed by atoms with E-state index in [0.29, 0.717) is 18.9 Å². The van der Waals surface area contributed by atoms with Gasteiger partial charge < -0.3 is 10.0 Å². The summed E-state index contributed by atoms with van der Waals surface area (Å²) in [5.41, 5.74) is 0. The first-order valence-electron chi connectivity index (χ1n) is 7.02. The van der Waals surface area contributed by atoms with Crippen LogP contribution in [-0.4, -0.2) is 35.1 Å². The monoisotopic (exact) mass is 239 g/mol. The van der Waals surface area contributed by atoms with Crippen molar-refractivity contribution in [3.05, 3.63) is 0 Å². The van der Waals surface area contributed by atoms with Crippen molar-refractivity contribution in [2.75, 3.05) is 13.2 Å². The quantitative estimate of drug-likeness (QED) is 0.797. The van der Waals surface area contributed by atoms with Crippen LogP contribution in [0.2, 0.25) is 0 Å². The number of hydrogen-bond acceptors (Lipinski definition) is 2. The van der Waals surface area contributed by atoms with Crippen molar-refractivity contribution >= 4 is 5.91 Å². The zero-order valence-electron chi connectivity index (χ0n) is 11.1. The number of nitrogens with zero attached hydrogens (tertiary/aromatic N) is 1. The van der Waals surface area contributed by atoms with Crippen LogP contribution in [-0.2, 0) is 4.79 Å². The minimum Gasteiger partial charge on any atom is -0.395 e. The number of rotatable bonds is 5. The molecule has 0 aromatic carbocycles. The molecule has 98 valence electrons. The highest BCUT2D eigenvalue weighted by Crippen LogP contribution is 2.49. The Hall–Kier alpha value is -0.570. The Balaban J connectivity index is 1.87. The number of carbonyl (C=O) groups is 1. The third-order valence-corrected chi connectivity index (χ3v) is 4.61. The van der Waals surface area contributed by atoms with Crippen LogP contribution < -0.4 is 0 Å². The van der Waals surface area contributed by atoms with Crippen LogP contribution >= 0.6 is 0 Å². The zero-order chi connectivity index (χ0) is 12.4. The van der Waals surface area contributed by atoms with Crippen LogP contribution in [0.4, 0.5) is 0 Å². The normalized spacial score (nSPS) is 31.2. The molecule has 0 saturated heterocycles. The second kappa shape index (κ2) is 5.38. The minimum absolute atomic E-state index is 0.0701. The fourth-order valence-corrected chi connectivity index (χ4v) is 3.75. The first-order valence-corrected chi connectivity index (χ1v) is 7.02. The summed E-state index contributed by atoms with van der Waals surface area (Å²) in [5.74, 6) is 2.59. The van der Waals surface area contributed by atoms with Gasteiger partial charge in [0, 0.05) is 19.0 Å². The molecule has 3 atom stereocenters. The first-order chi connectivity index (χ1) is 8.11. The van der Waals surface area contributed by atoms with Gasteiger partial charge in [-0.1, -0.05) is 6.42 Å². The Labute approximate surface area is 104 Å². The number of aliphatic hydroxyl groups is 1. The molecule has 3 heteroatoms. The summed E-state index contributed by atoms with van der Waals surface area (Å²) in [5, 5.41) is 9.01. The maximum Gasteiger partial charge on any atom is 0.223 e. The SMILES string of the molecule is CC(C)N(CCO)C(=O)CC1CC2CCC1C2. The summed E-state index contributed by atoms with van der Waals surface area (Å²) < 4.78 is 0. The number of carbonyl (C=O) groups excluding carboxylic acids is 1. The molecular formula is C14H25NO2. The van der Waals surface area contributed by atoms with E-state index in [1.165, 1.54) is 25.7 Å². The van der Waals surface area contributed by atoms with E-state index in [1.54, 1.807) is 0 Å². The molecule has 2 aliphatic rings. The van der Waals surface area contributed by atoms with Gasteiger partial charge in [-0.25, -0.2) is 0 Å². The van der Waals surface area contributed by atoms with Crippen molar-refractivity contribution < 1.29 is 9.90 Å². The van der Waals surface area contributed by atoms with Crippen LogP contribution in [0.1, 0.15) is 46.0 Å². The van der Waals surface area contributed by atoms with Gasteiger partial charge in [-0.15, -0.1) is 0 Å². The molecule has 0 spiro atoms. The van der Waals surface area contributed by atoms with Gasteiger partial charge in [0.05, 0.1) is 6.61 Å². The van der Waals surface area contributed by atoms with Crippen LogP contribution in [0.3, 0.4) is 0 Å². The summed E-state index contributed by atoms with van der Waals surface area (Å²) in [6, 6.07) is 0.202. The predicted molar refractivity (Wildman–Crippen MR) is 67.5 cm³/mol. The molecule has 2 fully saturated rings. The molecule has 0 aliphatic heterocycles. The van der Waals surface area contributed by atoms with Crippen molar-refractivity contribution in [2.45, 2.75) is 52.0 Å². The number of amides is 1. The molecule has 0 aromatic heterocycles. The summed E-state index contributed by atoms with van der Waals surface area (Å²) in [4.78, 5) is 14.0. The van der Waals surface area contributed by atoms with E-state index in [0.717, 1.165) is 11.8 Å². The van der Waals surface area contributed by atoms with E-state index in [4.69, 9.17) is 5.11 Å². The molecule has 2 rings (SSSR count). The Morgan fingerprint density at radius 3 is 2.59 bits per heavy atom. The van der Waals surface area contributed by atoms with E-state index in [-0.39, 0.29) is 18.6 Å². The number of hydrogen-bond donors (Lipinski definition) is 1. The highest BCUT2D eigenvalue weighted by Gasteiger charge is 2.40. The van der Waals surface area contributed by atoms with Gasteiger partial charge >= 0.3 is 0 Å². The maximum atomic E-state index is 12.2. The Bertz CT molecular complexity index is 277. The first kappa shape index (κ1) is 12.9. The molecular weight excluding hydrogens is 214 g/mol. The highest BCUT2D eigenvalue weighted by molar-refractivity contribution is 5.76. The average Bonchev–Trinajstić information content (AvgIpc) is 2.86. The van der Waals surface area contributed by atoms with E-state index < -0.39 is 0 Å². The van der Waals surface area contributed by atoms with Gasteiger partial charge in [0.25, 0.3) is 0 Å². The molecule has 17 heavy (non-hydrogen) atoms. The van der Waals surface area contributed by atoms with Gasteiger partial charge in [0.1, 0.15) is 0 Å². The summed E-state index contributed by atoms with van der Waals surface area (Å²) >= 11 is 0. The molecule has 0 aromatic rings. The molecule has 0 radical (unpaired) electrons.